The molecule has 0 spiro atoms. The Morgan fingerprint density at radius 1 is 0.833 bits per heavy atom. The van der Waals surface area contributed by atoms with Gasteiger partial charge in [0.05, 0.1) is 61.9 Å². The Hall–Kier alpha value is -6.41. The van der Waals surface area contributed by atoms with Crippen LogP contribution in [0.15, 0.2) is 96.6 Å². The number of carboxylic acid groups (broad SMARTS) is 2. The molecule has 0 bridgehead atoms. The molecule has 8 heterocycles. The molecule has 7 atom stereocenters. The number of methoxy groups -OCH3 is 2. The number of esters is 2. The highest BCUT2D eigenvalue weighted by Gasteiger charge is 2.48. The Kier molecular flexibility index (Phi) is 11.2. The Morgan fingerprint density at radius 3 is 2.12 bits per heavy atom. The predicted molar refractivity (Wildman–Crippen MR) is 218 cm³/mol. The van der Waals surface area contributed by atoms with Crippen LogP contribution in [-0.2, 0) is 57.5 Å². The smallest absolute Gasteiger partial charge is 0.337 e. The highest BCUT2D eigenvalue weighted by Crippen LogP contribution is 2.48. The van der Waals surface area contributed by atoms with Crippen molar-refractivity contribution in [2.75, 3.05) is 27.3 Å². The maximum Gasteiger partial charge on any atom is 0.337 e. The topological polar surface area (TPSA) is 187 Å². The molecule has 1 saturated heterocycles. The maximum atomic E-state index is 12.3. The van der Waals surface area contributed by atoms with Gasteiger partial charge >= 0.3 is 17.9 Å². The molecule has 5 aliphatic rings. The summed E-state index contributed by atoms with van der Waals surface area (Å²) >= 11 is 0. The molecule has 3 aromatic heterocycles. The van der Waals surface area contributed by atoms with Crippen LogP contribution in [0.25, 0.3) is 32.7 Å². The minimum atomic E-state index is -1.51. The normalized spacial score (nSPS) is 25.2. The van der Waals surface area contributed by atoms with E-state index in [0.29, 0.717) is 35.3 Å². The van der Waals surface area contributed by atoms with Crippen molar-refractivity contribution in [1.82, 2.24) is 14.9 Å². The third-order valence-electron chi connectivity index (χ3n) is 12.9. The Morgan fingerprint density at radius 2 is 1.47 bits per heavy atom. The second kappa shape index (κ2) is 16.7. The second-order valence-electron chi connectivity index (χ2n) is 16.0. The van der Waals surface area contributed by atoms with Gasteiger partial charge in [0.25, 0.3) is 0 Å². The van der Waals surface area contributed by atoms with Crippen molar-refractivity contribution in [3.8, 4) is 0 Å². The molecule has 0 radical (unpaired) electrons. The lowest BCUT2D eigenvalue weighted by Crippen LogP contribution is -2.53. The lowest BCUT2D eigenvalue weighted by atomic mass is 9.72. The van der Waals surface area contributed by atoms with Gasteiger partial charge < -0.3 is 43.9 Å². The molecule has 60 heavy (non-hydrogen) atoms. The SMILES string of the molecule is COC(=O)C1=COC(C)C2CN3CCc4c([nH]c5ccccc45)C3CC12.COC(=O)C1=COC(C)[C@@H]2C[n+]3ccc4c([nH]c5ccccc54)c3CC12.O=C([O-])/C=C\C(=O)O. The van der Waals surface area contributed by atoms with Gasteiger partial charge in [-0.2, -0.15) is 0 Å². The van der Waals surface area contributed by atoms with Gasteiger partial charge in [-0.1, -0.05) is 36.4 Å². The fourth-order valence-corrected chi connectivity index (χ4v) is 9.90. The van der Waals surface area contributed by atoms with Crippen molar-refractivity contribution < 1.29 is 52.9 Å². The quantitative estimate of drug-likeness (QED) is 0.132. The summed E-state index contributed by atoms with van der Waals surface area (Å²) in [5.41, 5.74) is 8.88. The highest BCUT2D eigenvalue weighted by molar-refractivity contribution is 6.07. The number of rotatable bonds is 4. The summed E-state index contributed by atoms with van der Waals surface area (Å²) in [4.78, 5) is 53.3. The number of carboxylic acids is 2. The summed E-state index contributed by atoms with van der Waals surface area (Å²) in [6, 6.07) is 19.4. The minimum Gasteiger partial charge on any atom is -0.545 e. The van der Waals surface area contributed by atoms with E-state index in [-0.39, 0.29) is 41.9 Å². The summed E-state index contributed by atoms with van der Waals surface area (Å²) in [7, 11) is 2.87. The van der Waals surface area contributed by atoms with Gasteiger partial charge in [-0.25, -0.2) is 19.0 Å². The molecule has 0 amide bonds. The van der Waals surface area contributed by atoms with Crippen LogP contribution in [0.3, 0.4) is 0 Å². The standard InChI is InChI=1S/C21H24N2O3.C21H20N2O3.C4H4O4/c2*1-12-16-10-23-8-7-14-13-5-3-4-6-18(13)22-20(14)19(23)9-15(16)17(11-26-12)21(24)25-2;5-3(6)1-2-4(7)8/h3-6,11-12,15-16,19,22H,7-10H2,1-2H3;3-8,11-12,15-16H,9-10H2,1-2H3;1-2H,(H,5,6)(H,7,8)/b;;2-1-/t;12?,15?,16-;/m.0./s1. The number of hydrogen-bond acceptors (Lipinski definition) is 10. The minimum absolute atomic E-state index is 0.0764. The molecule has 312 valence electrons. The number of para-hydroxylation sites is 2. The molecule has 14 heteroatoms. The summed E-state index contributed by atoms with van der Waals surface area (Å²) in [6.07, 6.45) is 9.35. The van der Waals surface area contributed by atoms with E-state index < -0.39 is 11.9 Å². The van der Waals surface area contributed by atoms with Crippen molar-refractivity contribution in [3.05, 3.63) is 114 Å². The Balaban J connectivity index is 0.000000141. The molecule has 0 aliphatic carbocycles. The van der Waals surface area contributed by atoms with Crippen molar-refractivity contribution in [1.29, 1.82) is 0 Å². The zero-order chi connectivity index (χ0) is 42.2. The van der Waals surface area contributed by atoms with Crippen LogP contribution in [-0.4, -0.2) is 83.4 Å². The number of benzene rings is 2. The first-order chi connectivity index (χ1) is 29.0. The number of piperidine rings is 1. The first kappa shape index (κ1) is 40.4. The van der Waals surface area contributed by atoms with Gasteiger partial charge in [0.2, 0.25) is 5.69 Å². The number of H-pyrrole nitrogens is 2. The predicted octanol–water partition coefficient (Wildman–Crippen LogP) is 4.43. The van der Waals surface area contributed by atoms with Crippen LogP contribution in [0.2, 0.25) is 0 Å². The van der Waals surface area contributed by atoms with Crippen LogP contribution in [0.4, 0.5) is 0 Å². The van der Waals surface area contributed by atoms with E-state index in [9.17, 15) is 24.3 Å². The number of carbonyl (C=O) groups is 4. The van der Waals surface area contributed by atoms with Crippen molar-refractivity contribution in [2.45, 2.75) is 57.9 Å². The zero-order valence-corrected chi connectivity index (χ0v) is 33.9. The zero-order valence-electron chi connectivity index (χ0n) is 33.9. The molecule has 6 unspecified atom stereocenters. The van der Waals surface area contributed by atoms with Crippen LogP contribution in [0.1, 0.15) is 43.3 Å². The molecule has 5 aliphatic heterocycles. The third-order valence-corrected chi connectivity index (χ3v) is 12.9. The molecule has 14 nitrogen and oxygen atoms in total. The summed E-state index contributed by atoms with van der Waals surface area (Å²) in [5.74, 6) is -2.46. The van der Waals surface area contributed by atoms with Gasteiger partial charge in [0.15, 0.2) is 12.7 Å². The molecule has 2 aromatic carbocycles. The number of aromatic amines is 2. The number of ether oxygens (including phenoxy) is 4. The van der Waals surface area contributed by atoms with E-state index in [0.717, 1.165) is 49.9 Å². The monoisotopic (exact) mass is 816 g/mol. The fourth-order valence-electron chi connectivity index (χ4n) is 9.90. The van der Waals surface area contributed by atoms with E-state index in [1.165, 1.54) is 52.8 Å². The van der Waals surface area contributed by atoms with Crippen LogP contribution < -0.4 is 9.67 Å². The number of carbonyl (C=O) groups excluding carboxylic acids is 3. The molecular weight excluding hydrogens is 769 g/mol. The van der Waals surface area contributed by atoms with Gasteiger partial charge in [-0.05, 0) is 50.5 Å². The van der Waals surface area contributed by atoms with E-state index >= 15 is 0 Å². The molecule has 5 aromatic rings. The molecular formula is C46H48N4O10. The van der Waals surface area contributed by atoms with Gasteiger partial charge in [0.1, 0.15) is 11.6 Å². The average Bonchev–Trinajstić information content (AvgIpc) is 3.84. The number of aliphatic carboxylic acids is 2. The van der Waals surface area contributed by atoms with E-state index in [1.54, 1.807) is 12.5 Å². The van der Waals surface area contributed by atoms with Crippen LogP contribution in [0, 0.1) is 23.7 Å². The third kappa shape index (κ3) is 7.51. The first-order valence-corrected chi connectivity index (χ1v) is 20.2. The molecule has 1 fully saturated rings. The molecule has 10 rings (SSSR count). The lowest BCUT2D eigenvalue weighted by Gasteiger charge is -2.49. The van der Waals surface area contributed by atoms with E-state index in [1.807, 2.05) is 6.07 Å². The second-order valence-corrected chi connectivity index (χ2v) is 16.0. The Bertz CT molecular complexity index is 2570. The summed E-state index contributed by atoms with van der Waals surface area (Å²) in [5, 5.41) is 21.0. The van der Waals surface area contributed by atoms with Crippen LogP contribution >= 0.6 is 0 Å². The van der Waals surface area contributed by atoms with Crippen LogP contribution in [0.5, 0.6) is 0 Å². The van der Waals surface area contributed by atoms with Gasteiger partial charge in [-0.15, -0.1) is 0 Å². The lowest BCUT2D eigenvalue weighted by molar-refractivity contribution is -0.717. The number of pyridine rings is 1. The number of hydrogen-bond donors (Lipinski definition) is 3. The Labute approximate surface area is 346 Å². The summed E-state index contributed by atoms with van der Waals surface area (Å²) in [6.45, 7) is 7.04. The van der Waals surface area contributed by atoms with E-state index in [4.69, 9.17) is 24.1 Å². The largest absolute Gasteiger partial charge is 0.545 e. The van der Waals surface area contributed by atoms with Gasteiger partial charge in [-0.3, -0.25) is 4.90 Å². The van der Waals surface area contributed by atoms with Crippen molar-refractivity contribution in [3.63, 3.8) is 0 Å². The van der Waals surface area contributed by atoms with E-state index in [2.05, 4.69) is 88.0 Å². The first-order valence-electron chi connectivity index (χ1n) is 20.2. The average molecular weight is 817 g/mol. The number of fused-ring (bicyclic) bond motifs is 12. The maximum absolute atomic E-state index is 12.3. The molecule has 3 N–H and O–H groups in total. The summed E-state index contributed by atoms with van der Waals surface area (Å²) < 4.78 is 23.9. The number of nitrogens with one attached hydrogen (secondary N) is 2. The molecule has 0 saturated carbocycles. The number of aromatic nitrogens is 3. The van der Waals surface area contributed by atoms with Gasteiger partial charge in [0, 0.05) is 82.3 Å². The highest BCUT2D eigenvalue weighted by atomic mass is 16.5. The van der Waals surface area contributed by atoms with Crippen molar-refractivity contribution in [2.24, 2.45) is 23.7 Å². The van der Waals surface area contributed by atoms with Crippen molar-refractivity contribution >= 4 is 56.6 Å². The fraction of sp³-hybridized carbons (Fsp3) is 0.370. The number of nitrogens with zero attached hydrogens (tertiary/aromatic N) is 2.